The van der Waals surface area contributed by atoms with Crippen LogP contribution in [0.1, 0.15) is 4.88 Å². The molecule has 3 nitrogen and oxygen atoms in total. The molecule has 0 saturated carbocycles. The summed E-state index contributed by atoms with van der Waals surface area (Å²) in [6.45, 7) is 1.45. The van der Waals surface area contributed by atoms with Crippen molar-refractivity contribution >= 4 is 28.8 Å². The van der Waals surface area contributed by atoms with E-state index < -0.39 is 0 Å². The molecular weight excluding hydrogens is 220 g/mol. The van der Waals surface area contributed by atoms with Gasteiger partial charge in [-0.2, -0.15) is 0 Å². The maximum Gasteiger partial charge on any atom is 0.241 e. The van der Waals surface area contributed by atoms with Crippen LogP contribution in [0.15, 0.2) is 12.1 Å². The molecule has 5 heteroatoms. The number of amides is 1. The fourth-order valence-electron chi connectivity index (χ4n) is 1.46. The van der Waals surface area contributed by atoms with E-state index in [-0.39, 0.29) is 11.9 Å². The largest absolute Gasteiger partial charge is 0.339 e. The maximum atomic E-state index is 11.2. The lowest BCUT2D eigenvalue weighted by molar-refractivity contribution is -0.142. The smallest absolute Gasteiger partial charge is 0.241 e. The molecule has 2 rings (SSSR count). The van der Waals surface area contributed by atoms with E-state index in [2.05, 4.69) is 0 Å². The first kappa shape index (κ1) is 9.96. The molecule has 2 heterocycles. The van der Waals surface area contributed by atoms with Gasteiger partial charge in [0.05, 0.1) is 4.34 Å². The van der Waals surface area contributed by atoms with Gasteiger partial charge in [0, 0.05) is 18.0 Å². The van der Waals surface area contributed by atoms with Gasteiger partial charge < -0.3 is 10.6 Å². The lowest BCUT2D eigenvalue weighted by atomic mass is 10.1. The Morgan fingerprint density at radius 2 is 2.43 bits per heavy atom. The number of carbonyl (C=O) groups is 1. The third kappa shape index (κ3) is 1.92. The highest BCUT2D eigenvalue weighted by molar-refractivity contribution is 7.16. The molecule has 0 radical (unpaired) electrons. The predicted octanol–water partition coefficient (Wildman–Crippen LogP) is 1.11. The van der Waals surface area contributed by atoms with Crippen LogP contribution in [-0.2, 0) is 11.2 Å². The number of rotatable bonds is 3. The lowest BCUT2D eigenvalue weighted by Crippen LogP contribution is -2.61. The number of hydrogen-bond acceptors (Lipinski definition) is 3. The van der Waals surface area contributed by atoms with Gasteiger partial charge in [0.25, 0.3) is 0 Å². The average Bonchev–Trinajstić information content (AvgIpc) is 2.58. The minimum absolute atomic E-state index is 0.0626. The Morgan fingerprint density at radius 3 is 2.93 bits per heavy atom. The van der Waals surface area contributed by atoms with Gasteiger partial charge in [-0.15, -0.1) is 11.3 Å². The molecule has 1 amide bonds. The van der Waals surface area contributed by atoms with Crippen molar-refractivity contribution in [3.63, 3.8) is 0 Å². The third-order valence-electron chi connectivity index (χ3n) is 2.30. The quantitative estimate of drug-likeness (QED) is 0.791. The lowest BCUT2D eigenvalue weighted by Gasteiger charge is -2.36. The average molecular weight is 231 g/mol. The molecule has 76 valence electrons. The summed E-state index contributed by atoms with van der Waals surface area (Å²) in [5.74, 6) is 0.0626. The number of β-lactam (4-membered cyclic amide) rings is 1. The Labute approximate surface area is 91.5 Å². The van der Waals surface area contributed by atoms with Gasteiger partial charge in [0.15, 0.2) is 0 Å². The number of nitrogens with zero attached hydrogens (tertiary/aromatic N) is 1. The maximum absolute atomic E-state index is 11.2. The number of thiophene rings is 1. The van der Waals surface area contributed by atoms with Gasteiger partial charge in [-0.3, -0.25) is 4.79 Å². The predicted molar refractivity (Wildman–Crippen MR) is 57.6 cm³/mol. The Balaban J connectivity index is 1.81. The molecule has 0 spiro atoms. The second kappa shape index (κ2) is 3.88. The Hall–Kier alpha value is -0.580. The number of likely N-dealkylation sites (tertiary alicyclic amines) is 1. The van der Waals surface area contributed by atoms with E-state index in [1.165, 1.54) is 4.88 Å². The molecule has 1 aromatic heterocycles. The van der Waals surface area contributed by atoms with Crippen LogP contribution < -0.4 is 5.73 Å². The fourth-order valence-corrected chi connectivity index (χ4v) is 2.54. The Bertz CT molecular complexity index is 352. The van der Waals surface area contributed by atoms with E-state index >= 15 is 0 Å². The van der Waals surface area contributed by atoms with E-state index in [9.17, 15) is 4.79 Å². The molecule has 1 fully saturated rings. The summed E-state index contributed by atoms with van der Waals surface area (Å²) < 4.78 is 0.798. The van der Waals surface area contributed by atoms with Gasteiger partial charge in [-0.05, 0) is 18.6 Å². The summed E-state index contributed by atoms with van der Waals surface area (Å²) in [5.41, 5.74) is 5.48. The molecule has 0 aliphatic carbocycles. The standard InChI is InChI=1S/C9H11ClN2OS/c10-8-2-1-6(14-8)3-4-12-5-7(11)9(12)13/h1-2,7H,3-5,11H2. The highest BCUT2D eigenvalue weighted by atomic mass is 35.5. The second-order valence-corrected chi connectivity index (χ2v) is 5.15. The zero-order chi connectivity index (χ0) is 10.1. The topological polar surface area (TPSA) is 46.3 Å². The third-order valence-corrected chi connectivity index (χ3v) is 3.59. The van der Waals surface area contributed by atoms with E-state index in [0.29, 0.717) is 6.54 Å². The second-order valence-electron chi connectivity index (χ2n) is 3.35. The van der Waals surface area contributed by atoms with Crippen molar-refractivity contribution in [2.24, 2.45) is 5.73 Å². The van der Waals surface area contributed by atoms with Crippen molar-refractivity contribution in [1.29, 1.82) is 0 Å². The van der Waals surface area contributed by atoms with Gasteiger partial charge in [-0.25, -0.2) is 0 Å². The fraction of sp³-hybridized carbons (Fsp3) is 0.444. The van der Waals surface area contributed by atoms with Crippen LogP contribution in [0.2, 0.25) is 4.34 Å². The number of hydrogen-bond donors (Lipinski definition) is 1. The van der Waals surface area contributed by atoms with E-state index in [1.54, 1.807) is 16.2 Å². The normalized spacial score (nSPS) is 21.1. The first-order valence-corrected chi connectivity index (χ1v) is 5.65. The molecule has 1 saturated heterocycles. The number of halogens is 1. The van der Waals surface area contributed by atoms with Crippen molar-refractivity contribution in [3.05, 3.63) is 21.3 Å². The van der Waals surface area contributed by atoms with Crippen LogP contribution in [-0.4, -0.2) is 29.9 Å². The molecule has 1 aromatic rings. The molecule has 14 heavy (non-hydrogen) atoms. The van der Waals surface area contributed by atoms with Crippen molar-refractivity contribution in [3.8, 4) is 0 Å². The molecule has 0 bridgehead atoms. The summed E-state index contributed by atoms with van der Waals surface area (Å²) in [4.78, 5) is 14.2. The van der Waals surface area contributed by atoms with Gasteiger partial charge in [0.2, 0.25) is 5.91 Å². The monoisotopic (exact) mass is 230 g/mol. The van der Waals surface area contributed by atoms with E-state index in [0.717, 1.165) is 17.3 Å². The van der Waals surface area contributed by atoms with Crippen molar-refractivity contribution in [2.75, 3.05) is 13.1 Å². The van der Waals surface area contributed by atoms with Crippen molar-refractivity contribution in [1.82, 2.24) is 4.90 Å². The van der Waals surface area contributed by atoms with E-state index in [1.807, 2.05) is 12.1 Å². The first-order valence-electron chi connectivity index (χ1n) is 4.45. The van der Waals surface area contributed by atoms with Gasteiger partial charge >= 0.3 is 0 Å². The Kier molecular flexibility index (Phi) is 2.76. The molecule has 1 atom stereocenters. The van der Waals surface area contributed by atoms with Crippen LogP contribution in [0.3, 0.4) is 0 Å². The van der Waals surface area contributed by atoms with Crippen molar-refractivity contribution < 1.29 is 4.79 Å². The molecule has 1 aliphatic heterocycles. The van der Waals surface area contributed by atoms with Gasteiger partial charge in [-0.1, -0.05) is 11.6 Å². The van der Waals surface area contributed by atoms with E-state index in [4.69, 9.17) is 17.3 Å². The van der Waals surface area contributed by atoms with Crippen LogP contribution in [0, 0.1) is 0 Å². The highest BCUT2D eigenvalue weighted by Gasteiger charge is 2.32. The minimum atomic E-state index is -0.262. The molecule has 2 N–H and O–H groups in total. The van der Waals surface area contributed by atoms with Crippen LogP contribution in [0.4, 0.5) is 0 Å². The Morgan fingerprint density at radius 1 is 1.64 bits per heavy atom. The zero-order valence-corrected chi connectivity index (χ0v) is 9.14. The summed E-state index contributed by atoms with van der Waals surface area (Å²) in [6, 6.07) is 3.62. The first-order chi connectivity index (χ1) is 6.66. The van der Waals surface area contributed by atoms with Crippen LogP contribution >= 0.6 is 22.9 Å². The summed E-state index contributed by atoms with van der Waals surface area (Å²) >= 11 is 7.36. The van der Waals surface area contributed by atoms with Gasteiger partial charge in [0.1, 0.15) is 6.04 Å². The SMILES string of the molecule is NC1CN(CCc2ccc(Cl)s2)C1=O. The van der Waals surface area contributed by atoms with Crippen LogP contribution in [0.25, 0.3) is 0 Å². The summed E-state index contributed by atoms with van der Waals surface area (Å²) in [7, 11) is 0. The molecule has 0 aromatic carbocycles. The summed E-state index contributed by atoms with van der Waals surface area (Å²) in [6.07, 6.45) is 0.871. The molecule has 1 aliphatic rings. The molecular formula is C9H11ClN2OS. The van der Waals surface area contributed by atoms with Crippen molar-refractivity contribution in [2.45, 2.75) is 12.5 Å². The zero-order valence-electron chi connectivity index (χ0n) is 7.57. The molecule has 1 unspecified atom stereocenters. The number of carbonyl (C=O) groups excluding carboxylic acids is 1. The summed E-state index contributed by atoms with van der Waals surface area (Å²) in [5, 5.41) is 0. The highest BCUT2D eigenvalue weighted by Crippen LogP contribution is 2.22. The number of nitrogens with two attached hydrogens (primary N) is 1. The van der Waals surface area contributed by atoms with Crippen LogP contribution in [0.5, 0.6) is 0 Å². The minimum Gasteiger partial charge on any atom is -0.339 e.